The van der Waals surface area contributed by atoms with Crippen LogP contribution in [0.1, 0.15) is 5.56 Å². The lowest BCUT2D eigenvalue weighted by Crippen LogP contribution is -2.10. The minimum absolute atomic E-state index is 0.412. The molecule has 0 aliphatic rings. The molecule has 0 saturated carbocycles. The summed E-state index contributed by atoms with van der Waals surface area (Å²) in [6, 6.07) is 1.23. The first kappa shape index (κ1) is 15.4. The molecular weight excluding hydrogens is 301 g/mol. The summed E-state index contributed by atoms with van der Waals surface area (Å²) in [7, 11) is 0. The molecule has 0 saturated heterocycles. The van der Waals surface area contributed by atoms with Gasteiger partial charge in [0.25, 0.3) is 0 Å². The Morgan fingerprint density at radius 2 is 1.88 bits per heavy atom. The van der Waals surface area contributed by atoms with E-state index in [2.05, 4.69) is 38.7 Å². The molecule has 0 aliphatic heterocycles. The van der Waals surface area contributed by atoms with Gasteiger partial charge in [-0.25, -0.2) is 0 Å². The second kappa shape index (κ2) is 6.25. The highest BCUT2D eigenvalue weighted by molar-refractivity contribution is 8.24. The number of nitrogens with zero attached hydrogens (tertiary/aromatic N) is 1. The number of rotatable bonds is 1. The Balaban J connectivity index is 0.000000385. The van der Waals surface area contributed by atoms with Gasteiger partial charge in [0, 0.05) is 12.3 Å². The molecule has 0 aromatic carbocycles. The lowest BCUT2D eigenvalue weighted by Gasteiger charge is -1.90. The summed E-state index contributed by atoms with van der Waals surface area (Å²) in [4.78, 5) is 22.4. The molecule has 0 bridgehead atoms. The normalized spacial score (nSPS) is 10.2. The first-order chi connectivity index (χ1) is 7.11. The number of pyridine rings is 1. The number of nitrogens with one attached hydrogen (secondary N) is 1. The molecule has 1 N–H and O–H groups in total. The minimum atomic E-state index is -3.22. The summed E-state index contributed by atoms with van der Waals surface area (Å²) < 4.78 is 9.51. The van der Waals surface area contributed by atoms with Crippen molar-refractivity contribution in [2.75, 3.05) is 0 Å². The maximum Gasteiger partial charge on any atom is 0.339 e. The van der Waals surface area contributed by atoms with Gasteiger partial charge in [-0.3, -0.25) is 19.5 Å². The van der Waals surface area contributed by atoms with E-state index in [9.17, 15) is 19.5 Å². The zero-order chi connectivity index (χ0) is 12.9. The summed E-state index contributed by atoms with van der Waals surface area (Å²) in [6.45, 7) is 1.67. The Hall–Kier alpha value is -0.550. The second-order valence-electron chi connectivity index (χ2n) is 2.55. The predicted molar refractivity (Wildman–Crippen MR) is 63.6 cm³/mol. The number of aromatic nitrogens is 1. The predicted octanol–water partition coefficient (Wildman–Crippen LogP) is 3.40. The van der Waals surface area contributed by atoms with Gasteiger partial charge < -0.3 is 4.98 Å². The molecule has 0 amide bonds. The Labute approximate surface area is 104 Å². The molecule has 16 heavy (non-hydrogen) atoms. The van der Waals surface area contributed by atoms with Crippen LogP contribution in [0.5, 0.6) is 0 Å². The number of nitro groups is 1. The van der Waals surface area contributed by atoms with E-state index in [-0.39, 0.29) is 0 Å². The highest BCUT2D eigenvalue weighted by Crippen LogP contribution is 2.61. The first-order valence-electron chi connectivity index (χ1n) is 3.64. The minimum Gasteiger partial charge on any atom is -0.323 e. The maximum absolute atomic E-state index is 10.7. The van der Waals surface area contributed by atoms with Crippen LogP contribution < -0.4 is 5.56 Å². The molecule has 1 aromatic heterocycles. The van der Waals surface area contributed by atoms with Gasteiger partial charge in [-0.2, -0.15) is 0 Å². The molecule has 6 nitrogen and oxygen atoms in total. The van der Waals surface area contributed by atoms with Crippen LogP contribution in [0, 0.1) is 17.0 Å². The molecule has 1 heterocycles. The van der Waals surface area contributed by atoms with E-state index < -0.39 is 21.4 Å². The van der Waals surface area contributed by atoms with Crippen molar-refractivity contribution >= 4 is 44.6 Å². The van der Waals surface area contributed by atoms with Crippen molar-refractivity contribution < 1.29 is 9.49 Å². The monoisotopic (exact) mass is 306 g/mol. The summed E-state index contributed by atoms with van der Waals surface area (Å²) in [5.74, 6) is 0. The molecule has 0 fully saturated rings. The molecule has 90 valence electrons. The fourth-order valence-electron chi connectivity index (χ4n) is 0.712. The van der Waals surface area contributed by atoms with Gasteiger partial charge in [0.05, 0.1) is 4.92 Å². The van der Waals surface area contributed by atoms with E-state index in [4.69, 9.17) is 0 Å². The average molecular weight is 307 g/mol. The van der Waals surface area contributed by atoms with Crippen LogP contribution in [0.15, 0.2) is 17.1 Å². The molecule has 0 aliphatic carbocycles. The van der Waals surface area contributed by atoms with E-state index >= 15 is 0 Å². The van der Waals surface area contributed by atoms with Gasteiger partial charge in [0.1, 0.15) is 0 Å². The van der Waals surface area contributed by atoms with Gasteiger partial charge in [0.15, 0.2) is 0 Å². The topological polar surface area (TPSA) is 93.1 Å². The van der Waals surface area contributed by atoms with E-state index in [1.165, 1.54) is 12.3 Å². The molecule has 0 atom stereocenters. The third-order valence-electron chi connectivity index (χ3n) is 1.22. The quantitative estimate of drug-likeness (QED) is 0.489. The average Bonchev–Trinajstić information content (AvgIpc) is 2.06. The van der Waals surface area contributed by atoms with Crippen LogP contribution in [-0.4, -0.2) is 9.91 Å². The smallest absolute Gasteiger partial charge is 0.323 e. The summed E-state index contributed by atoms with van der Waals surface area (Å²) in [6.07, 6.45) is 1.43. The molecule has 1 rings (SSSR count). The highest BCUT2D eigenvalue weighted by Gasteiger charge is 2.10. The van der Waals surface area contributed by atoms with E-state index in [0.717, 1.165) is 0 Å². The van der Waals surface area contributed by atoms with Crippen molar-refractivity contribution in [3.63, 3.8) is 0 Å². The molecule has 1 aromatic rings. The Morgan fingerprint density at radius 1 is 1.44 bits per heavy atom. The van der Waals surface area contributed by atoms with Crippen molar-refractivity contribution in [2.24, 2.45) is 0 Å². The second-order valence-corrected chi connectivity index (χ2v) is 9.19. The molecular formula is C6H6Cl3N2O4P. The molecule has 0 radical (unpaired) electrons. The van der Waals surface area contributed by atoms with E-state index in [1.807, 2.05) is 0 Å². The van der Waals surface area contributed by atoms with E-state index in [0.29, 0.717) is 5.56 Å². The maximum atomic E-state index is 10.7. The van der Waals surface area contributed by atoms with Crippen LogP contribution in [0.4, 0.5) is 5.69 Å². The summed E-state index contributed by atoms with van der Waals surface area (Å²) in [5.41, 5.74) is -0.415. The van der Waals surface area contributed by atoms with Gasteiger partial charge in [-0.05, 0) is 46.2 Å². The van der Waals surface area contributed by atoms with Crippen LogP contribution in [0.3, 0.4) is 0 Å². The van der Waals surface area contributed by atoms with Crippen LogP contribution in [-0.2, 0) is 4.57 Å². The fraction of sp³-hybridized carbons (Fsp3) is 0.167. The third kappa shape index (κ3) is 7.70. The Kier molecular flexibility index (Phi) is 6.04. The number of hydrogen-bond donors (Lipinski definition) is 1. The number of aryl methyl sites for hydroxylation is 1. The molecule has 0 spiro atoms. The Bertz CT molecular complexity index is 475. The largest absolute Gasteiger partial charge is 0.339 e. The summed E-state index contributed by atoms with van der Waals surface area (Å²) >= 11 is 13.8. The fourth-order valence-corrected chi connectivity index (χ4v) is 0.712. The van der Waals surface area contributed by atoms with Crippen LogP contribution in [0.2, 0.25) is 0 Å². The van der Waals surface area contributed by atoms with Gasteiger partial charge in [0.2, 0.25) is 0 Å². The van der Waals surface area contributed by atoms with Crippen molar-refractivity contribution in [1.29, 1.82) is 0 Å². The number of hydrogen-bond acceptors (Lipinski definition) is 4. The van der Waals surface area contributed by atoms with Crippen LogP contribution >= 0.6 is 38.9 Å². The molecule has 0 unspecified atom stereocenters. The number of halogens is 3. The first-order valence-corrected chi connectivity index (χ1v) is 8.06. The van der Waals surface area contributed by atoms with Gasteiger partial charge >= 0.3 is 16.4 Å². The number of aromatic amines is 1. The van der Waals surface area contributed by atoms with Crippen molar-refractivity contribution in [3.8, 4) is 0 Å². The third-order valence-corrected chi connectivity index (χ3v) is 1.22. The zero-order valence-electron chi connectivity index (χ0n) is 7.82. The van der Waals surface area contributed by atoms with Crippen LogP contribution in [0.25, 0.3) is 0 Å². The SMILES string of the molecule is Cc1c[nH]c(=O)c([N+](=O)[O-])c1.O=P(Cl)(Cl)Cl. The van der Waals surface area contributed by atoms with Crippen molar-refractivity contribution in [1.82, 2.24) is 4.98 Å². The van der Waals surface area contributed by atoms with Gasteiger partial charge in [-0.1, -0.05) is 0 Å². The number of H-pyrrole nitrogens is 1. The highest BCUT2D eigenvalue weighted by atomic mass is 36.0. The lowest BCUT2D eigenvalue weighted by atomic mass is 10.3. The van der Waals surface area contributed by atoms with Gasteiger partial charge in [-0.15, -0.1) is 0 Å². The van der Waals surface area contributed by atoms with E-state index in [1.54, 1.807) is 6.92 Å². The Morgan fingerprint density at radius 3 is 2.19 bits per heavy atom. The zero-order valence-corrected chi connectivity index (χ0v) is 11.0. The standard InChI is InChI=1S/C6H6N2O3.Cl3OP/c1-4-2-5(8(10)11)6(9)7-3-4;1-5(2,3)4/h2-3H,1H3,(H,7,9);. The summed E-state index contributed by atoms with van der Waals surface area (Å²) in [5, 5.41) is 6.94. The lowest BCUT2D eigenvalue weighted by molar-refractivity contribution is -0.386. The molecule has 10 heteroatoms. The van der Waals surface area contributed by atoms with Crippen molar-refractivity contribution in [2.45, 2.75) is 6.92 Å². The van der Waals surface area contributed by atoms with Crippen molar-refractivity contribution in [3.05, 3.63) is 38.3 Å².